The predicted molar refractivity (Wildman–Crippen MR) is 91.1 cm³/mol. The van der Waals surface area contributed by atoms with Crippen LogP contribution in [0.1, 0.15) is 15.9 Å². The summed E-state index contributed by atoms with van der Waals surface area (Å²) >= 11 is 5.10. The number of hydrogen-bond acceptors (Lipinski definition) is 4. The minimum atomic E-state index is -0.429. The van der Waals surface area contributed by atoms with Crippen LogP contribution < -0.4 is 10.7 Å². The Morgan fingerprint density at radius 3 is 2.70 bits per heavy atom. The minimum absolute atomic E-state index is 0.255. The molecule has 0 fully saturated rings. The Kier molecular flexibility index (Phi) is 5.76. The molecule has 0 aliphatic carbocycles. The Morgan fingerprint density at radius 1 is 1.26 bits per heavy atom. The van der Waals surface area contributed by atoms with Gasteiger partial charge >= 0.3 is 5.97 Å². The first-order valence-electron chi connectivity index (χ1n) is 6.62. The Hall–Kier alpha value is -2.80. The molecule has 2 N–H and O–H groups in total. The maximum atomic E-state index is 12.8. The van der Waals surface area contributed by atoms with Crippen LogP contribution in [-0.4, -0.2) is 24.4 Å². The summed E-state index contributed by atoms with van der Waals surface area (Å²) in [5, 5.41) is 7.10. The lowest BCUT2D eigenvalue weighted by molar-refractivity contribution is 0.0601. The lowest BCUT2D eigenvalue weighted by Crippen LogP contribution is -2.24. The van der Waals surface area contributed by atoms with Crippen molar-refractivity contribution in [3.63, 3.8) is 0 Å². The average molecular weight is 331 g/mol. The standard InChI is InChI=1S/C16H14FN3O2S/c1-22-15(21)12-3-2-4-14(9-12)19-16(23)20-18-10-11-5-7-13(17)8-6-11/h2-10H,1H3,(H2,19,20,23). The summed E-state index contributed by atoms with van der Waals surface area (Å²) in [5.74, 6) is -0.736. The van der Waals surface area contributed by atoms with Crippen LogP contribution >= 0.6 is 12.2 Å². The predicted octanol–water partition coefficient (Wildman–Crippen LogP) is 2.93. The molecule has 2 rings (SSSR count). The molecule has 7 heteroatoms. The van der Waals surface area contributed by atoms with Crippen molar-refractivity contribution in [3.05, 3.63) is 65.5 Å². The average Bonchev–Trinajstić information content (AvgIpc) is 2.56. The zero-order chi connectivity index (χ0) is 16.7. The van der Waals surface area contributed by atoms with Crippen molar-refractivity contribution in [1.82, 2.24) is 5.43 Å². The zero-order valence-corrected chi connectivity index (χ0v) is 13.1. The second-order valence-electron chi connectivity index (χ2n) is 4.45. The van der Waals surface area contributed by atoms with E-state index in [-0.39, 0.29) is 10.9 Å². The first kappa shape index (κ1) is 16.6. The van der Waals surface area contributed by atoms with Crippen molar-refractivity contribution in [2.45, 2.75) is 0 Å². The van der Waals surface area contributed by atoms with Crippen molar-refractivity contribution < 1.29 is 13.9 Å². The molecule has 0 amide bonds. The largest absolute Gasteiger partial charge is 0.465 e. The maximum Gasteiger partial charge on any atom is 0.337 e. The number of nitrogens with zero attached hydrogens (tertiary/aromatic N) is 1. The van der Waals surface area contributed by atoms with Crippen LogP contribution in [-0.2, 0) is 4.74 Å². The van der Waals surface area contributed by atoms with Gasteiger partial charge in [0.15, 0.2) is 5.11 Å². The van der Waals surface area contributed by atoms with Crippen LogP contribution in [0.5, 0.6) is 0 Å². The monoisotopic (exact) mass is 331 g/mol. The van der Waals surface area contributed by atoms with Crippen molar-refractivity contribution in [2.24, 2.45) is 5.10 Å². The van der Waals surface area contributed by atoms with E-state index in [0.29, 0.717) is 11.3 Å². The number of halogens is 1. The Labute approximate surface area is 138 Å². The van der Waals surface area contributed by atoms with E-state index in [1.54, 1.807) is 36.4 Å². The summed E-state index contributed by atoms with van der Waals surface area (Å²) in [6, 6.07) is 12.6. The summed E-state index contributed by atoms with van der Waals surface area (Å²) in [6.07, 6.45) is 1.51. The zero-order valence-electron chi connectivity index (χ0n) is 12.2. The van der Waals surface area contributed by atoms with Crippen molar-refractivity contribution in [2.75, 3.05) is 12.4 Å². The first-order chi connectivity index (χ1) is 11.1. The fraction of sp³-hybridized carbons (Fsp3) is 0.0625. The van der Waals surface area contributed by atoms with Gasteiger partial charge in [-0.2, -0.15) is 5.10 Å². The van der Waals surface area contributed by atoms with Crippen LogP contribution in [0.25, 0.3) is 0 Å². The molecule has 5 nitrogen and oxygen atoms in total. The van der Waals surface area contributed by atoms with Crippen molar-refractivity contribution >= 4 is 35.2 Å². The summed E-state index contributed by atoms with van der Waals surface area (Å²) in [5.41, 5.74) is 4.41. The number of thiocarbonyl (C=S) groups is 1. The van der Waals surface area contributed by atoms with Gasteiger partial charge in [-0.05, 0) is 48.1 Å². The topological polar surface area (TPSA) is 62.7 Å². The van der Waals surface area contributed by atoms with E-state index in [0.717, 1.165) is 5.56 Å². The molecule has 0 bridgehead atoms. The highest BCUT2D eigenvalue weighted by atomic mass is 32.1. The van der Waals surface area contributed by atoms with Gasteiger partial charge in [-0.25, -0.2) is 9.18 Å². The number of carbonyl (C=O) groups is 1. The number of anilines is 1. The minimum Gasteiger partial charge on any atom is -0.465 e. The smallest absolute Gasteiger partial charge is 0.337 e. The Balaban J connectivity index is 1.92. The van der Waals surface area contributed by atoms with Gasteiger partial charge in [0, 0.05) is 5.69 Å². The number of hydrogen-bond donors (Lipinski definition) is 2. The molecule has 0 saturated carbocycles. The number of ether oxygens (including phenoxy) is 1. The molecule has 0 radical (unpaired) electrons. The molecule has 0 heterocycles. The van der Waals surface area contributed by atoms with E-state index in [1.807, 2.05) is 0 Å². The third-order valence-corrected chi connectivity index (χ3v) is 2.98. The van der Waals surface area contributed by atoms with Gasteiger partial charge in [0.05, 0.1) is 18.9 Å². The van der Waals surface area contributed by atoms with Gasteiger partial charge in [0.25, 0.3) is 0 Å². The van der Waals surface area contributed by atoms with Crippen molar-refractivity contribution in [3.8, 4) is 0 Å². The van der Waals surface area contributed by atoms with Gasteiger partial charge in [-0.3, -0.25) is 5.43 Å². The molecule has 23 heavy (non-hydrogen) atoms. The molecule has 2 aromatic rings. The van der Waals surface area contributed by atoms with Gasteiger partial charge in [0.2, 0.25) is 0 Å². The molecular formula is C16H14FN3O2S. The molecule has 2 aromatic carbocycles. The highest BCUT2D eigenvalue weighted by Gasteiger charge is 2.06. The van der Waals surface area contributed by atoms with E-state index in [1.165, 1.54) is 25.5 Å². The Bertz CT molecular complexity index is 732. The summed E-state index contributed by atoms with van der Waals surface area (Å²) in [6.45, 7) is 0. The third kappa shape index (κ3) is 5.15. The van der Waals surface area contributed by atoms with Crippen molar-refractivity contribution in [1.29, 1.82) is 0 Å². The summed E-state index contributed by atoms with van der Waals surface area (Å²) in [4.78, 5) is 11.5. The van der Waals surface area contributed by atoms with Gasteiger partial charge in [-0.1, -0.05) is 18.2 Å². The molecule has 118 valence electrons. The highest BCUT2D eigenvalue weighted by Crippen LogP contribution is 2.11. The lowest BCUT2D eigenvalue weighted by atomic mass is 10.2. The fourth-order valence-electron chi connectivity index (χ4n) is 1.72. The van der Waals surface area contributed by atoms with Crippen LogP contribution in [0.2, 0.25) is 0 Å². The number of nitrogens with one attached hydrogen (secondary N) is 2. The van der Waals surface area contributed by atoms with Crippen LogP contribution in [0.3, 0.4) is 0 Å². The first-order valence-corrected chi connectivity index (χ1v) is 7.03. The van der Waals surface area contributed by atoms with E-state index >= 15 is 0 Å². The molecule has 0 atom stereocenters. The molecule has 0 saturated heterocycles. The summed E-state index contributed by atoms with van der Waals surface area (Å²) < 4.78 is 17.4. The molecule has 0 unspecified atom stereocenters. The van der Waals surface area contributed by atoms with Crippen LogP contribution in [0.4, 0.5) is 10.1 Å². The normalized spacial score (nSPS) is 10.3. The van der Waals surface area contributed by atoms with E-state index in [9.17, 15) is 9.18 Å². The Morgan fingerprint density at radius 2 is 2.00 bits per heavy atom. The molecule has 0 aromatic heterocycles. The fourth-order valence-corrected chi connectivity index (χ4v) is 1.89. The third-order valence-electron chi connectivity index (χ3n) is 2.79. The number of hydrazone groups is 1. The number of benzene rings is 2. The molecular weight excluding hydrogens is 317 g/mol. The lowest BCUT2D eigenvalue weighted by Gasteiger charge is -2.08. The molecule has 0 aliphatic rings. The maximum absolute atomic E-state index is 12.8. The number of methoxy groups -OCH3 is 1. The van der Waals surface area contributed by atoms with E-state index in [4.69, 9.17) is 12.2 Å². The van der Waals surface area contributed by atoms with Crippen LogP contribution in [0.15, 0.2) is 53.6 Å². The molecule has 0 aliphatic heterocycles. The number of carbonyl (C=O) groups excluding carboxylic acids is 1. The van der Waals surface area contributed by atoms with Gasteiger partial charge < -0.3 is 10.1 Å². The SMILES string of the molecule is COC(=O)c1cccc(NC(=S)NN=Cc2ccc(F)cc2)c1. The molecule has 0 spiro atoms. The van der Waals surface area contributed by atoms with Crippen LogP contribution in [0, 0.1) is 5.82 Å². The second kappa shape index (κ2) is 8.00. The van der Waals surface area contributed by atoms with Gasteiger partial charge in [-0.15, -0.1) is 0 Å². The van der Waals surface area contributed by atoms with E-state index < -0.39 is 5.97 Å². The second-order valence-corrected chi connectivity index (χ2v) is 4.86. The number of rotatable bonds is 4. The van der Waals surface area contributed by atoms with E-state index in [2.05, 4.69) is 20.6 Å². The highest BCUT2D eigenvalue weighted by molar-refractivity contribution is 7.80. The quantitative estimate of drug-likeness (QED) is 0.390. The van der Waals surface area contributed by atoms with Gasteiger partial charge in [0.1, 0.15) is 5.82 Å². The summed E-state index contributed by atoms with van der Waals surface area (Å²) in [7, 11) is 1.32. The number of esters is 1.